The monoisotopic (exact) mass is 423 g/mol. The van der Waals surface area contributed by atoms with Crippen LogP contribution in [0, 0.1) is 20.8 Å². The van der Waals surface area contributed by atoms with Crippen molar-refractivity contribution in [3.8, 4) is 17.2 Å². The Balaban J connectivity index is 1.96. The second-order valence-electron chi connectivity index (χ2n) is 8.46. The lowest BCUT2D eigenvalue weighted by Gasteiger charge is -2.31. The SMILES string of the molecule is COc1cc(C)c(/C=C/C(=O)c2c(O)cc(C)c(C3CCN(C)CC3)c2C)c(OC)c1. The second kappa shape index (κ2) is 9.56. The quantitative estimate of drug-likeness (QED) is 0.521. The first-order chi connectivity index (χ1) is 14.8. The molecule has 5 nitrogen and oxygen atoms in total. The first-order valence-corrected chi connectivity index (χ1v) is 10.7. The molecule has 1 aliphatic heterocycles. The lowest BCUT2D eigenvalue weighted by atomic mass is 9.81. The number of allylic oxidation sites excluding steroid dienone is 1. The van der Waals surface area contributed by atoms with Gasteiger partial charge < -0.3 is 19.5 Å². The number of methoxy groups -OCH3 is 2. The highest BCUT2D eigenvalue weighted by Gasteiger charge is 2.25. The largest absolute Gasteiger partial charge is 0.507 e. The van der Waals surface area contributed by atoms with Gasteiger partial charge in [-0.05, 0) is 106 Å². The van der Waals surface area contributed by atoms with Crippen molar-refractivity contribution in [3.05, 3.63) is 57.7 Å². The minimum Gasteiger partial charge on any atom is -0.507 e. The molecule has 2 aromatic rings. The van der Waals surface area contributed by atoms with Crippen LogP contribution in [0.1, 0.15) is 56.9 Å². The molecule has 0 unspecified atom stereocenters. The molecule has 1 fully saturated rings. The lowest BCUT2D eigenvalue weighted by molar-refractivity contribution is 0.104. The minimum atomic E-state index is -0.207. The van der Waals surface area contributed by atoms with Crippen LogP contribution in [0.25, 0.3) is 6.08 Å². The highest BCUT2D eigenvalue weighted by atomic mass is 16.5. The highest BCUT2D eigenvalue weighted by molar-refractivity contribution is 6.10. The summed E-state index contributed by atoms with van der Waals surface area (Å²) in [7, 11) is 5.34. The molecule has 5 heteroatoms. The van der Waals surface area contributed by atoms with Crippen LogP contribution < -0.4 is 9.47 Å². The summed E-state index contributed by atoms with van der Waals surface area (Å²) >= 11 is 0. The Morgan fingerprint density at radius 1 is 1.06 bits per heavy atom. The zero-order chi connectivity index (χ0) is 22.7. The standard InChI is InChI=1S/C26H33NO4/c1-16-13-20(30-5)15-24(31-6)21(16)7-8-22(28)26-18(3)25(17(2)14-23(26)29)19-9-11-27(4)12-10-19/h7-8,13-15,19,29H,9-12H2,1-6H3/b8-7+. The summed E-state index contributed by atoms with van der Waals surface area (Å²) in [5.41, 5.74) is 5.30. The van der Waals surface area contributed by atoms with Crippen LogP contribution in [0.2, 0.25) is 0 Å². The number of rotatable bonds is 6. The summed E-state index contributed by atoms with van der Waals surface area (Å²) in [4.78, 5) is 15.5. The van der Waals surface area contributed by atoms with Crippen molar-refractivity contribution in [3.63, 3.8) is 0 Å². The maximum Gasteiger partial charge on any atom is 0.189 e. The van der Waals surface area contributed by atoms with Crippen LogP contribution in [-0.2, 0) is 0 Å². The van der Waals surface area contributed by atoms with Gasteiger partial charge in [-0.25, -0.2) is 0 Å². The predicted molar refractivity (Wildman–Crippen MR) is 125 cm³/mol. The molecular formula is C26H33NO4. The van der Waals surface area contributed by atoms with Crippen LogP contribution >= 0.6 is 0 Å². The van der Waals surface area contributed by atoms with E-state index in [1.54, 1.807) is 32.4 Å². The molecule has 1 aliphatic rings. The van der Waals surface area contributed by atoms with Gasteiger partial charge in [-0.3, -0.25) is 4.79 Å². The van der Waals surface area contributed by atoms with Crippen LogP contribution in [0.5, 0.6) is 17.2 Å². The Morgan fingerprint density at radius 2 is 1.74 bits per heavy atom. The number of nitrogens with zero attached hydrogens (tertiary/aromatic N) is 1. The van der Waals surface area contributed by atoms with E-state index in [-0.39, 0.29) is 11.5 Å². The van der Waals surface area contributed by atoms with Gasteiger partial charge in [0.25, 0.3) is 0 Å². The first kappa shape index (κ1) is 22.9. The van der Waals surface area contributed by atoms with Crippen molar-refractivity contribution in [2.75, 3.05) is 34.4 Å². The number of ketones is 1. The average Bonchev–Trinajstić information content (AvgIpc) is 2.73. The Morgan fingerprint density at radius 3 is 2.35 bits per heavy atom. The molecule has 1 N–H and O–H groups in total. The van der Waals surface area contributed by atoms with Gasteiger partial charge in [-0.2, -0.15) is 0 Å². The van der Waals surface area contributed by atoms with Crippen LogP contribution in [0.15, 0.2) is 24.3 Å². The second-order valence-corrected chi connectivity index (χ2v) is 8.46. The summed E-state index contributed by atoms with van der Waals surface area (Å²) in [6, 6.07) is 5.43. The number of aromatic hydroxyl groups is 1. The summed E-state index contributed by atoms with van der Waals surface area (Å²) < 4.78 is 10.8. The number of ether oxygens (including phenoxy) is 2. The minimum absolute atomic E-state index is 0.0414. The molecule has 1 saturated heterocycles. The van der Waals surface area contributed by atoms with Gasteiger partial charge in [0.2, 0.25) is 0 Å². The normalized spacial score (nSPS) is 15.4. The molecule has 0 atom stereocenters. The molecule has 0 amide bonds. The maximum absolute atomic E-state index is 13.2. The fourth-order valence-corrected chi connectivity index (χ4v) is 4.69. The Hall–Kier alpha value is -2.79. The molecule has 31 heavy (non-hydrogen) atoms. The topological polar surface area (TPSA) is 59.0 Å². The molecule has 1 heterocycles. The third-order valence-corrected chi connectivity index (χ3v) is 6.37. The number of likely N-dealkylation sites (tertiary alicyclic amines) is 1. The number of benzene rings is 2. The number of piperidine rings is 1. The Bertz CT molecular complexity index is 1000. The van der Waals surface area contributed by atoms with E-state index in [1.165, 1.54) is 11.6 Å². The smallest absolute Gasteiger partial charge is 0.189 e. The van der Waals surface area contributed by atoms with Crippen molar-refractivity contribution in [1.82, 2.24) is 4.90 Å². The molecular weight excluding hydrogens is 390 g/mol. The van der Waals surface area contributed by atoms with Crippen LogP contribution in [0.3, 0.4) is 0 Å². The molecule has 0 saturated carbocycles. The summed E-state index contributed by atoms with van der Waals surface area (Å²) in [6.07, 6.45) is 5.40. The van der Waals surface area contributed by atoms with Crippen molar-refractivity contribution >= 4 is 11.9 Å². The first-order valence-electron chi connectivity index (χ1n) is 10.7. The predicted octanol–water partition coefficient (Wildman–Crippen LogP) is 5.04. The fraction of sp³-hybridized carbons (Fsp3) is 0.423. The van der Waals surface area contributed by atoms with Gasteiger partial charge in [0, 0.05) is 11.6 Å². The van der Waals surface area contributed by atoms with Crippen LogP contribution in [-0.4, -0.2) is 50.1 Å². The van der Waals surface area contributed by atoms with E-state index in [9.17, 15) is 9.90 Å². The molecule has 0 bridgehead atoms. The molecule has 166 valence electrons. The maximum atomic E-state index is 13.2. The Labute approximate surface area is 185 Å². The van der Waals surface area contributed by atoms with E-state index in [0.717, 1.165) is 48.2 Å². The third kappa shape index (κ3) is 4.77. The van der Waals surface area contributed by atoms with E-state index in [4.69, 9.17) is 9.47 Å². The van der Waals surface area contributed by atoms with Crippen molar-refractivity contribution in [2.24, 2.45) is 0 Å². The van der Waals surface area contributed by atoms with Gasteiger partial charge in [0.15, 0.2) is 5.78 Å². The third-order valence-electron chi connectivity index (χ3n) is 6.37. The van der Waals surface area contributed by atoms with Crippen LogP contribution in [0.4, 0.5) is 0 Å². The molecule has 0 aromatic heterocycles. The average molecular weight is 424 g/mol. The number of carbonyl (C=O) groups excluding carboxylic acids is 1. The van der Waals surface area contributed by atoms with E-state index in [1.807, 2.05) is 26.8 Å². The number of hydrogen-bond donors (Lipinski definition) is 1. The van der Waals surface area contributed by atoms with Gasteiger partial charge >= 0.3 is 0 Å². The zero-order valence-corrected chi connectivity index (χ0v) is 19.4. The number of phenolic OH excluding ortho intramolecular Hbond substituents is 1. The summed E-state index contributed by atoms with van der Waals surface area (Å²) in [5, 5.41) is 10.6. The Kier molecular flexibility index (Phi) is 7.06. The van der Waals surface area contributed by atoms with Gasteiger partial charge in [-0.1, -0.05) is 0 Å². The number of hydrogen-bond acceptors (Lipinski definition) is 5. The highest BCUT2D eigenvalue weighted by Crippen LogP contribution is 2.37. The zero-order valence-electron chi connectivity index (χ0n) is 19.4. The van der Waals surface area contributed by atoms with Gasteiger partial charge in [0.1, 0.15) is 17.2 Å². The van der Waals surface area contributed by atoms with E-state index >= 15 is 0 Å². The molecule has 0 spiro atoms. The number of carbonyl (C=O) groups is 1. The van der Waals surface area contributed by atoms with Crippen molar-refractivity contribution in [1.29, 1.82) is 0 Å². The van der Waals surface area contributed by atoms with Gasteiger partial charge in [0.05, 0.1) is 19.8 Å². The molecule has 0 aliphatic carbocycles. The van der Waals surface area contributed by atoms with Crippen molar-refractivity contribution < 1.29 is 19.4 Å². The van der Waals surface area contributed by atoms with Gasteiger partial charge in [-0.15, -0.1) is 0 Å². The lowest BCUT2D eigenvalue weighted by Crippen LogP contribution is -2.30. The molecule has 2 aromatic carbocycles. The van der Waals surface area contributed by atoms with E-state index in [2.05, 4.69) is 11.9 Å². The van der Waals surface area contributed by atoms with E-state index in [0.29, 0.717) is 23.0 Å². The van der Waals surface area contributed by atoms with Crippen molar-refractivity contribution in [2.45, 2.75) is 39.5 Å². The molecule has 0 radical (unpaired) electrons. The molecule has 3 rings (SSSR count). The van der Waals surface area contributed by atoms with E-state index < -0.39 is 0 Å². The summed E-state index contributed by atoms with van der Waals surface area (Å²) in [5.74, 6) is 1.59. The number of aryl methyl sites for hydroxylation is 2. The summed E-state index contributed by atoms with van der Waals surface area (Å²) in [6.45, 7) is 8.02. The number of phenols is 1. The fourth-order valence-electron chi connectivity index (χ4n) is 4.69.